The Morgan fingerprint density at radius 1 is 1.42 bits per heavy atom. The first-order chi connectivity index (χ1) is 9.24. The number of ether oxygens (including phenoxy) is 1. The number of carbonyl (C=O) groups excluding carboxylic acids is 1. The molecule has 100 valence electrons. The van der Waals surface area contributed by atoms with Crippen LogP contribution in [0.25, 0.3) is 6.08 Å². The van der Waals surface area contributed by atoms with Gasteiger partial charge >= 0.3 is 5.97 Å². The molecule has 3 heteroatoms. The van der Waals surface area contributed by atoms with Gasteiger partial charge in [-0.15, -0.1) is 0 Å². The smallest absolute Gasteiger partial charge is 0.330 e. The number of halogens is 1. The lowest BCUT2D eigenvalue weighted by atomic mass is 9.95. The van der Waals surface area contributed by atoms with Gasteiger partial charge in [-0.1, -0.05) is 24.3 Å². The van der Waals surface area contributed by atoms with Gasteiger partial charge in [-0.2, -0.15) is 0 Å². The fraction of sp³-hybridized carbons (Fsp3) is 0.312. The summed E-state index contributed by atoms with van der Waals surface area (Å²) in [4.78, 5) is 11.5. The number of hydrogen-bond acceptors (Lipinski definition) is 2. The highest BCUT2D eigenvalue weighted by atomic mass is 19.1. The van der Waals surface area contributed by atoms with Crippen LogP contribution in [0.2, 0.25) is 0 Å². The molecule has 19 heavy (non-hydrogen) atoms. The summed E-state index contributed by atoms with van der Waals surface area (Å²) in [6, 6.07) is 6.08. The van der Waals surface area contributed by atoms with E-state index in [1.807, 2.05) is 0 Å². The summed E-state index contributed by atoms with van der Waals surface area (Å²) >= 11 is 0. The molecule has 0 saturated heterocycles. The van der Waals surface area contributed by atoms with Crippen LogP contribution < -0.4 is 0 Å². The maximum absolute atomic E-state index is 12.9. The summed E-state index contributed by atoms with van der Waals surface area (Å²) < 4.78 is 18.1. The average molecular weight is 260 g/mol. The Balaban J connectivity index is 1.79. The van der Waals surface area contributed by atoms with Crippen molar-refractivity contribution in [2.75, 3.05) is 6.61 Å². The molecule has 0 N–H and O–H groups in total. The topological polar surface area (TPSA) is 26.3 Å². The van der Waals surface area contributed by atoms with Gasteiger partial charge < -0.3 is 4.74 Å². The first-order valence-corrected chi connectivity index (χ1v) is 6.49. The average Bonchev–Trinajstić information content (AvgIpc) is 2.44. The SMILES string of the molecule is O=C(/C=C/c1cccc(F)c1)OCC1CC=CCC1. The van der Waals surface area contributed by atoms with Crippen LogP contribution in [0.15, 0.2) is 42.5 Å². The second kappa shape index (κ2) is 6.88. The minimum absolute atomic E-state index is 0.315. The van der Waals surface area contributed by atoms with Crippen LogP contribution in [0.5, 0.6) is 0 Å². The van der Waals surface area contributed by atoms with Gasteiger partial charge in [0.15, 0.2) is 0 Å². The summed E-state index contributed by atoms with van der Waals surface area (Å²) in [7, 11) is 0. The summed E-state index contributed by atoms with van der Waals surface area (Å²) in [6.45, 7) is 0.455. The second-order valence-corrected chi connectivity index (χ2v) is 4.67. The Morgan fingerprint density at radius 2 is 2.32 bits per heavy atom. The van der Waals surface area contributed by atoms with Crippen molar-refractivity contribution in [3.05, 3.63) is 53.9 Å². The highest BCUT2D eigenvalue weighted by Gasteiger charge is 2.11. The van der Waals surface area contributed by atoms with Crippen molar-refractivity contribution in [3.8, 4) is 0 Å². The number of hydrogen-bond donors (Lipinski definition) is 0. The number of esters is 1. The van der Waals surface area contributed by atoms with Crippen LogP contribution in [0.3, 0.4) is 0 Å². The van der Waals surface area contributed by atoms with Crippen LogP contribution in [0, 0.1) is 11.7 Å². The van der Waals surface area contributed by atoms with E-state index in [0.717, 1.165) is 19.3 Å². The van der Waals surface area contributed by atoms with E-state index in [2.05, 4.69) is 12.2 Å². The van der Waals surface area contributed by atoms with Gasteiger partial charge in [0.1, 0.15) is 5.82 Å². The molecule has 0 saturated carbocycles. The number of rotatable bonds is 4. The van der Waals surface area contributed by atoms with E-state index in [-0.39, 0.29) is 11.8 Å². The molecule has 2 nitrogen and oxygen atoms in total. The molecule has 0 bridgehead atoms. The normalized spacial score (nSPS) is 18.7. The molecule has 1 atom stereocenters. The van der Waals surface area contributed by atoms with Crippen molar-refractivity contribution in [2.24, 2.45) is 5.92 Å². The van der Waals surface area contributed by atoms with E-state index in [1.54, 1.807) is 18.2 Å². The van der Waals surface area contributed by atoms with E-state index in [1.165, 1.54) is 18.2 Å². The lowest BCUT2D eigenvalue weighted by Crippen LogP contribution is -2.13. The molecule has 1 aliphatic rings. The third-order valence-electron chi connectivity index (χ3n) is 3.10. The molecule has 1 aromatic carbocycles. The zero-order valence-corrected chi connectivity index (χ0v) is 10.7. The van der Waals surface area contributed by atoms with Crippen LogP contribution in [0.4, 0.5) is 4.39 Å². The van der Waals surface area contributed by atoms with Crippen molar-refractivity contribution in [1.29, 1.82) is 0 Å². The monoisotopic (exact) mass is 260 g/mol. The van der Waals surface area contributed by atoms with Crippen molar-refractivity contribution in [2.45, 2.75) is 19.3 Å². The van der Waals surface area contributed by atoms with Crippen LogP contribution in [-0.4, -0.2) is 12.6 Å². The third kappa shape index (κ3) is 4.70. The van der Waals surface area contributed by atoms with Crippen molar-refractivity contribution < 1.29 is 13.9 Å². The minimum atomic E-state index is -0.376. The third-order valence-corrected chi connectivity index (χ3v) is 3.10. The predicted molar refractivity (Wildman–Crippen MR) is 72.9 cm³/mol. The molecule has 1 aliphatic carbocycles. The van der Waals surface area contributed by atoms with Crippen molar-refractivity contribution >= 4 is 12.0 Å². The molecule has 0 fully saturated rings. The maximum atomic E-state index is 12.9. The Bertz CT molecular complexity index is 491. The lowest BCUT2D eigenvalue weighted by molar-refractivity contribution is -0.139. The van der Waals surface area contributed by atoms with Crippen molar-refractivity contribution in [1.82, 2.24) is 0 Å². The number of allylic oxidation sites excluding steroid dienone is 2. The van der Waals surface area contributed by atoms with E-state index in [9.17, 15) is 9.18 Å². The Labute approximate surface area is 112 Å². The maximum Gasteiger partial charge on any atom is 0.330 e. The van der Waals surface area contributed by atoms with Gasteiger partial charge in [0.05, 0.1) is 6.61 Å². The molecule has 0 heterocycles. The highest BCUT2D eigenvalue weighted by Crippen LogP contribution is 2.18. The second-order valence-electron chi connectivity index (χ2n) is 4.67. The lowest BCUT2D eigenvalue weighted by Gasteiger charge is -2.16. The Hall–Kier alpha value is -1.90. The summed E-state index contributed by atoms with van der Waals surface area (Å²) in [5.41, 5.74) is 0.651. The predicted octanol–water partition coefficient (Wildman–Crippen LogP) is 3.74. The molecular weight excluding hydrogens is 243 g/mol. The summed E-state index contributed by atoms with van der Waals surface area (Å²) in [5.74, 6) is -0.264. The fourth-order valence-electron chi connectivity index (χ4n) is 2.03. The standard InChI is InChI=1S/C16H17FO2/c17-15-8-4-7-13(11-15)9-10-16(18)19-12-14-5-2-1-3-6-14/h1-2,4,7-11,14H,3,5-6,12H2/b10-9+. The van der Waals surface area contributed by atoms with E-state index in [0.29, 0.717) is 18.1 Å². The Morgan fingerprint density at radius 3 is 3.05 bits per heavy atom. The van der Waals surface area contributed by atoms with E-state index in [4.69, 9.17) is 4.74 Å². The van der Waals surface area contributed by atoms with Gasteiger partial charge in [-0.25, -0.2) is 9.18 Å². The van der Waals surface area contributed by atoms with E-state index < -0.39 is 0 Å². The van der Waals surface area contributed by atoms with Crippen LogP contribution >= 0.6 is 0 Å². The molecule has 0 radical (unpaired) electrons. The van der Waals surface area contributed by atoms with Gasteiger partial charge in [0.25, 0.3) is 0 Å². The van der Waals surface area contributed by atoms with Gasteiger partial charge in [-0.3, -0.25) is 0 Å². The molecule has 0 amide bonds. The van der Waals surface area contributed by atoms with Crippen LogP contribution in [-0.2, 0) is 9.53 Å². The number of benzene rings is 1. The number of carbonyl (C=O) groups is 1. The molecule has 0 aliphatic heterocycles. The van der Waals surface area contributed by atoms with Crippen LogP contribution in [0.1, 0.15) is 24.8 Å². The molecular formula is C16H17FO2. The molecule has 1 unspecified atom stereocenters. The van der Waals surface area contributed by atoms with E-state index >= 15 is 0 Å². The largest absolute Gasteiger partial charge is 0.462 e. The summed E-state index contributed by atoms with van der Waals surface area (Å²) in [5, 5.41) is 0. The first-order valence-electron chi connectivity index (χ1n) is 6.49. The quantitative estimate of drug-likeness (QED) is 0.468. The summed E-state index contributed by atoms with van der Waals surface area (Å²) in [6.07, 6.45) is 10.3. The molecule has 0 aromatic heterocycles. The minimum Gasteiger partial charge on any atom is -0.462 e. The van der Waals surface area contributed by atoms with Gasteiger partial charge in [0.2, 0.25) is 0 Å². The molecule has 2 rings (SSSR count). The Kier molecular flexibility index (Phi) is 4.90. The molecule has 1 aromatic rings. The highest BCUT2D eigenvalue weighted by molar-refractivity contribution is 5.87. The van der Waals surface area contributed by atoms with Gasteiger partial charge in [0, 0.05) is 6.08 Å². The fourth-order valence-corrected chi connectivity index (χ4v) is 2.03. The zero-order chi connectivity index (χ0) is 13.5. The first kappa shape index (κ1) is 13.5. The zero-order valence-electron chi connectivity index (χ0n) is 10.7. The van der Waals surface area contributed by atoms with Gasteiger partial charge in [-0.05, 0) is 49.0 Å². The van der Waals surface area contributed by atoms with Crippen molar-refractivity contribution in [3.63, 3.8) is 0 Å². The molecule has 0 spiro atoms.